The van der Waals surface area contributed by atoms with E-state index in [1.54, 1.807) is 21.3 Å². The van der Waals surface area contributed by atoms with Crippen LogP contribution in [0.5, 0.6) is 5.75 Å². The number of aliphatic imine (C=N–C) groups is 1. The van der Waals surface area contributed by atoms with E-state index in [9.17, 15) is 0 Å². The molecule has 24 heavy (non-hydrogen) atoms. The third kappa shape index (κ3) is 5.83. The minimum absolute atomic E-state index is 0. The Balaban J connectivity index is 0.00000288. The highest BCUT2D eigenvalue weighted by Crippen LogP contribution is 2.21. The van der Waals surface area contributed by atoms with Gasteiger partial charge in [0.2, 0.25) is 0 Å². The molecule has 0 radical (unpaired) electrons. The Labute approximate surface area is 160 Å². The van der Waals surface area contributed by atoms with E-state index in [0.717, 1.165) is 11.7 Å². The lowest BCUT2D eigenvalue weighted by atomic mass is 10.1. The van der Waals surface area contributed by atoms with E-state index in [0.29, 0.717) is 13.2 Å². The highest BCUT2D eigenvalue weighted by atomic mass is 127. The number of ether oxygens (including phenoxy) is 2. The molecule has 0 aliphatic rings. The Bertz CT molecular complexity index is 676. The molecule has 0 spiro atoms. The molecule has 0 aliphatic heterocycles. The molecular weight excluding hydrogens is 417 g/mol. The van der Waals surface area contributed by atoms with Gasteiger partial charge in [0.1, 0.15) is 5.75 Å². The summed E-state index contributed by atoms with van der Waals surface area (Å²) >= 11 is 0. The Kier molecular flexibility index (Phi) is 8.84. The summed E-state index contributed by atoms with van der Waals surface area (Å²) in [4.78, 5) is 4.23. The van der Waals surface area contributed by atoms with Crippen molar-refractivity contribution in [3.63, 3.8) is 0 Å². The molecule has 2 rings (SSSR count). The molecule has 5 nitrogen and oxygen atoms in total. The zero-order valence-electron chi connectivity index (χ0n) is 14.6. The van der Waals surface area contributed by atoms with E-state index in [2.05, 4.69) is 46.8 Å². The number of halogens is 1. The fourth-order valence-electron chi connectivity index (χ4n) is 2.42. The van der Waals surface area contributed by atoms with Crippen LogP contribution in [0, 0.1) is 0 Å². The molecule has 0 saturated carbocycles. The van der Waals surface area contributed by atoms with Crippen LogP contribution in [0.4, 0.5) is 0 Å². The molecule has 0 bridgehead atoms. The van der Waals surface area contributed by atoms with Crippen LogP contribution in [-0.4, -0.2) is 39.9 Å². The van der Waals surface area contributed by atoms with Crippen molar-refractivity contribution < 1.29 is 9.47 Å². The van der Waals surface area contributed by atoms with Crippen LogP contribution in [0.25, 0.3) is 10.8 Å². The molecule has 2 N–H and O–H groups in total. The SMILES string of the molecule is CN=C(NCc1ccc2cc(OC)ccc2c1)NC(C)COC.I. The maximum Gasteiger partial charge on any atom is 0.191 e. The predicted octanol–water partition coefficient (Wildman–Crippen LogP) is 3.17. The predicted molar refractivity (Wildman–Crippen MR) is 111 cm³/mol. The van der Waals surface area contributed by atoms with Crippen LogP contribution in [0.2, 0.25) is 0 Å². The largest absolute Gasteiger partial charge is 0.497 e. The molecule has 1 atom stereocenters. The van der Waals surface area contributed by atoms with Gasteiger partial charge in [-0.25, -0.2) is 0 Å². The van der Waals surface area contributed by atoms with Crippen molar-refractivity contribution in [1.82, 2.24) is 10.6 Å². The van der Waals surface area contributed by atoms with Gasteiger partial charge in [-0.1, -0.05) is 18.2 Å². The molecule has 2 aromatic carbocycles. The first-order valence-corrected chi connectivity index (χ1v) is 7.69. The van der Waals surface area contributed by atoms with E-state index in [1.807, 2.05) is 12.1 Å². The van der Waals surface area contributed by atoms with Crippen LogP contribution >= 0.6 is 24.0 Å². The van der Waals surface area contributed by atoms with Crippen LogP contribution in [0.1, 0.15) is 12.5 Å². The van der Waals surface area contributed by atoms with Gasteiger partial charge in [0.25, 0.3) is 0 Å². The van der Waals surface area contributed by atoms with Crippen molar-refractivity contribution in [2.24, 2.45) is 4.99 Å². The average molecular weight is 443 g/mol. The molecule has 132 valence electrons. The highest BCUT2D eigenvalue weighted by molar-refractivity contribution is 14.0. The minimum Gasteiger partial charge on any atom is -0.497 e. The number of nitrogens with zero attached hydrogens (tertiary/aromatic N) is 1. The van der Waals surface area contributed by atoms with E-state index in [1.165, 1.54) is 16.3 Å². The number of guanidine groups is 1. The topological polar surface area (TPSA) is 54.9 Å². The van der Waals surface area contributed by atoms with Crippen LogP contribution < -0.4 is 15.4 Å². The monoisotopic (exact) mass is 443 g/mol. The number of hydrogen-bond acceptors (Lipinski definition) is 3. The van der Waals surface area contributed by atoms with Crippen molar-refractivity contribution in [3.8, 4) is 5.75 Å². The lowest BCUT2D eigenvalue weighted by molar-refractivity contribution is 0.179. The maximum atomic E-state index is 5.26. The van der Waals surface area contributed by atoms with Gasteiger partial charge < -0.3 is 20.1 Å². The Hall–Kier alpha value is -1.54. The van der Waals surface area contributed by atoms with E-state index in [4.69, 9.17) is 9.47 Å². The van der Waals surface area contributed by atoms with Crippen LogP contribution in [0.3, 0.4) is 0 Å². The Morgan fingerprint density at radius 1 is 1.12 bits per heavy atom. The maximum absolute atomic E-state index is 5.26. The normalized spacial score (nSPS) is 12.4. The molecular formula is C18H26IN3O2. The fraction of sp³-hybridized carbons (Fsp3) is 0.389. The lowest BCUT2D eigenvalue weighted by Gasteiger charge is -2.17. The lowest BCUT2D eigenvalue weighted by Crippen LogP contribution is -2.43. The first-order valence-electron chi connectivity index (χ1n) is 7.69. The van der Waals surface area contributed by atoms with E-state index >= 15 is 0 Å². The summed E-state index contributed by atoms with van der Waals surface area (Å²) in [5.41, 5.74) is 1.20. The molecule has 0 aliphatic carbocycles. The van der Waals surface area contributed by atoms with Crippen molar-refractivity contribution in [2.45, 2.75) is 19.5 Å². The van der Waals surface area contributed by atoms with Crippen molar-refractivity contribution >= 4 is 40.7 Å². The Morgan fingerprint density at radius 3 is 2.50 bits per heavy atom. The van der Waals surface area contributed by atoms with Crippen LogP contribution in [-0.2, 0) is 11.3 Å². The molecule has 0 amide bonds. The van der Waals surface area contributed by atoms with Crippen molar-refractivity contribution in [1.29, 1.82) is 0 Å². The molecule has 2 aromatic rings. The number of benzene rings is 2. The third-order valence-electron chi connectivity index (χ3n) is 3.60. The molecule has 6 heteroatoms. The summed E-state index contributed by atoms with van der Waals surface area (Å²) in [5.74, 6) is 1.64. The summed E-state index contributed by atoms with van der Waals surface area (Å²) in [6.45, 7) is 3.40. The van der Waals surface area contributed by atoms with Gasteiger partial charge in [0, 0.05) is 26.7 Å². The van der Waals surface area contributed by atoms with E-state index < -0.39 is 0 Å². The third-order valence-corrected chi connectivity index (χ3v) is 3.60. The summed E-state index contributed by atoms with van der Waals surface area (Å²) in [5, 5.41) is 8.97. The number of hydrogen-bond donors (Lipinski definition) is 2. The number of fused-ring (bicyclic) bond motifs is 1. The summed E-state index contributed by atoms with van der Waals surface area (Å²) in [7, 11) is 5.14. The van der Waals surface area contributed by atoms with Crippen molar-refractivity contribution in [3.05, 3.63) is 42.0 Å². The summed E-state index contributed by atoms with van der Waals surface area (Å²) in [6, 6.07) is 12.7. The quantitative estimate of drug-likeness (QED) is 0.409. The highest BCUT2D eigenvalue weighted by Gasteiger charge is 2.05. The summed E-state index contributed by atoms with van der Waals surface area (Å²) in [6.07, 6.45) is 0. The zero-order valence-corrected chi connectivity index (χ0v) is 17.0. The standard InChI is InChI=1S/C18H25N3O2.HI/c1-13(12-22-3)21-18(19-2)20-11-14-5-6-16-10-17(23-4)8-7-15(16)9-14;/h5-10,13H,11-12H2,1-4H3,(H2,19,20,21);1H. The van der Waals surface area contributed by atoms with E-state index in [-0.39, 0.29) is 30.0 Å². The smallest absolute Gasteiger partial charge is 0.191 e. The van der Waals surface area contributed by atoms with Gasteiger partial charge in [-0.3, -0.25) is 4.99 Å². The molecule has 0 aromatic heterocycles. The molecule has 1 unspecified atom stereocenters. The minimum atomic E-state index is 0. The first-order chi connectivity index (χ1) is 11.2. The van der Waals surface area contributed by atoms with Gasteiger partial charge in [-0.05, 0) is 41.5 Å². The molecule has 0 fully saturated rings. The fourth-order valence-corrected chi connectivity index (χ4v) is 2.42. The van der Waals surface area contributed by atoms with Gasteiger partial charge in [-0.2, -0.15) is 0 Å². The average Bonchev–Trinajstić information content (AvgIpc) is 2.58. The zero-order chi connectivity index (χ0) is 16.7. The van der Waals surface area contributed by atoms with Gasteiger partial charge in [-0.15, -0.1) is 24.0 Å². The molecule has 0 saturated heterocycles. The van der Waals surface area contributed by atoms with Gasteiger partial charge in [0.05, 0.1) is 13.7 Å². The van der Waals surface area contributed by atoms with Crippen LogP contribution in [0.15, 0.2) is 41.4 Å². The second-order valence-electron chi connectivity index (χ2n) is 5.47. The first kappa shape index (κ1) is 20.5. The van der Waals surface area contributed by atoms with Gasteiger partial charge >= 0.3 is 0 Å². The van der Waals surface area contributed by atoms with Gasteiger partial charge in [0.15, 0.2) is 5.96 Å². The number of rotatable bonds is 6. The number of methoxy groups -OCH3 is 2. The number of nitrogens with one attached hydrogen (secondary N) is 2. The Morgan fingerprint density at radius 2 is 1.83 bits per heavy atom. The van der Waals surface area contributed by atoms with Crippen molar-refractivity contribution in [2.75, 3.05) is 27.9 Å². The summed E-state index contributed by atoms with van der Waals surface area (Å²) < 4.78 is 10.4. The second kappa shape index (κ2) is 10.4. The second-order valence-corrected chi connectivity index (χ2v) is 5.47. The molecule has 0 heterocycles.